The number of alkyl carbamates (subject to hydrolysis) is 2. The van der Waals surface area contributed by atoms with Gasteiger partial charge in [-0.2, -0.15) is 0 Å². The molecule has 0 saturated heterocycles. The van der Waals surface area contributed by atoms with Gasteiger partial charge in [0.15, 0.2) is 5.78 Å². The predicted molar refractivity (Wildman–Crippen MR) is 166 cm³/mol. The van der Waals surface area contributed by atoms with Crippen LogP contribution in [-0.2, 0) is 36.6 Å². The van der Waals surface area contributed by atoms with E-state index in [2.05, 4.69) is 23.8 Å². The number of carbonyl (C=O) groups is 4. The molecule has 0 saturated carbocycles. The van der Waals surface area contributed by atoms with E-state index < -0.39 is 41.4 Å². The molecule has 0 fully saturated rings. The average molecular weight is 605 g/mol. The number of carbonyl (C=O) groups excluding carboxylic acids is 4. The maximum atomic E-state index is 11.8. The van der Waals surface area contributed by atoms with Crippen LogP contribution in [0, 0.1) is 0 Å². The second-order valence-corrected chi connectivity index (χ2v) is 11.2. The molecule has 2 unspecified atom stereocenters. The Bertz CT molecular complexity index is 1010. The summed E-state index contributed by atoms with van der Waals surface area (Å²) in [5.74, 6) is -0.881. The summed E-state index contributed by atoms with van der Waals surface area (Å²) >= 11 is 5.59. The van der Waals surface area contributed by atoms with Crippen molar-refractivity contribution in [1.29, 1.82) is 0 Å². The van der Waals surface area contributed by atoms with E-state index in [9.17, 15) is 19.2 Å². The van der Waals surface area contributed by atoms with Gasteiger partial charge in [0.25, 0.3) is 0 Å². The lowest BCUT2D eigenvalue weighted by Crippen LogP contribution is -2.45. The van der Waals surface area contributed by atoms with Crippen LogP contribution >= 0.6 is 11.6 Å². The minimum absolute atomic E-state index is 0.146. The van der Waals surface area contributed by atoms with Crippen molar-refractivity contribution in [1.82, 2.24) is 10.6 Å². The van der Waals surface area contributed by atoms with Gasteiger partial charge in [-0.1, -0.05) is 60.7 Å². The van der Waals surface area contributed by atoms with Gasteiger partial charge in [0.05, 0.1) is 19.0 Å². The molecule has 2 atom stereocenters. The van der Waals surface area contributed by atoms with Crippen LogP contribution in [0.2, 0.25) is 0 Å². The number of nitrogens with one attached hydrogen (secondary N) is 2. The molecule has 9 nitrogen and oxygen atoms in total. The van der Waals surface area contributed by atoms with Gasteiger partial charge < -0.3 is 24.8 Å². The van der Waals surface area contributed by atoms with Crippen molar-refractivity contribution < 1.29 is 33.4 Å². The molecule has 0 bridgehead atoms. The van der Waals surface area contributed by atoms with Crippen LogP contribution in [-0.4, -0.2) is 60.2 Å². The molecule has 2 N–H and O–H groups in total. The third-order valence-electron chi connectivity index (χ3n) is 4.95. The SMILES string of the molecule is C=C.CC(C)(C)OC(=O)NC(Cc1ccccc1)C(=O)CCl.COC(=O)C(Cc1ccccc1)NC(=O)OC(C)(C)C. The molecule has 0 aliphatic heterocycles. The van der Waals surface area contributed by atoms with Gasteiger partial charge in [0.1, 0.15) is 17.2 Å². The highest BCUT2D eigenvalue weighted by Crippen LogP contribution is 2.10. The number of halogens is 1. The molecule has 0 aromatic heterocycles. The van der Waals surface area contributed by atoms with E-state index in [1.165, 1.54) is 7.11 Å². The number of ketones is 1. The zero-order valence-corrected chi connectivity index (χ0v) is 26.5. The lowest BCUT2D eigenvalue weighted by molar-refractivity contribution is -0.143. The Labute approximate surface area is 254 Å². The van der Waals surface area contributed by atoms with Gasteiger partial charge in [-0.15, -0.1) is 24.8 Å². The second-order valence-electron chi connectivity index (χ2n) is 10.9. The number of hydrogen-bond donors (Lipinski definition) is 2. The van der Waals surface area contributed by atoms with Gasteiger partial charge in [-0.25, -0.2) is 14.4 Å². The Kier molecular flexibility index (Phi) is 17.5. The number of ether oxygens (including phenoxy) is 3. The van der Waals surface area contributed by atoms with Gasteiger partial charge in [-0.05, 0) is 59.1 Å². The van der Waals surface area contributed by atoms with Crippen molar-refractivity contribution in [2.45, 2.75) is 77.7 Å². The topological polar surface area (TPSA) is 120 Å². The Morgan fingerprint density at radius 2 is 1.07 bits per heavy atom. The third-order valence-corrected chi connectivity index (χ3v) is 5.22. The fourth-order valence-corrected chi connectivity index (χ4v) is 3.46. The minimum Gasteiger partial charge on any atom is -0.467 e. The first-order valence-electron chi connectivity index (χ1n) is 13.4. The Hall–Kier alpha value is -3.85. The molecule has 2 aromatic rings. The van der Waals surface area contributed by atoms with E-state index in [1.54, 1.807) is 41.5 Å². The zero-order chi connectivity index (χ0) is 32.3. The number of benzene rings is 2. The van der Waals surface area contributed by atoms with Crippen LogP contribution in [0.1, 0.15) is 52.7 Å². The number of amides is 2. The van der Waals surface area contributed by atoms with Crippen molar-refractivity contribution in [2.75, 3.05) is 13.0 Å². The van der Waals surface area contributed by atoms with Gasteiger partial charge in [0.2, 0.25) is 0 Å². The quantitative estimate of drug-likeness (QED) is 0.155. The van der Waals surface area contributed by atoms with E-state index in [0.717, 1.165) is 11.1 Å². The van der Waals surface area contributed by atoms with E-state index >= 15 is 0 Å². The normalized spacial score (nSPS) is 12.0. The minimum atomic E-state index is -0.766. The number of rotatable bonds is 9. The van der Waals surface area contributed by atoms with Crippen LogP contribution in [0.4, 0.5) is 9.59 Å². The lowest BCUT2D eigenvalue weighted by atomic mass is 10.0. The molecular formula is C32H45ClN2O7. The summed E-state index contributed by atoms with van der Waals surface area (Å²) < 4.78 is 15.0. The number of methoxy groups -OCH3 is 1. The van der Waals surface area contributed by atoms with Gasteiger partial charge >= 0.3 is 18.2 Å². The summed E-state index contributed by atoms with van der Waals surface area (Å²) in [6.45, 7) is 16.6. The van der Waals surface area contributed by atoms with E-state index in [4.69, 9.17) is 25.8 Å². The van der Waals surface area contributed by atoms with Gasteiger partial charge in [0, 0.05) is 6.42 Å². The molecule has 0 spiro atoms. The molecule has 10 heteroatoms. The molecule has 0 aliphatic rings. The summed E-state index contributed by atoms with van der Waals surface area (Å²) in [5.41, 5.74) is 0.661. The Balaban J connectivity index is 0.000000756. The van der Waals surface area contributed by atoms with E-state index in [0.29, 0.717) is 12.8 Å². The van der Waals surface area contributed by atoms with E-state index in [1.807, 2.05) is 60.7 Å². The maximum Gasteiger partial charge on any atom is 0.408 e. The molecule has 0 heterocycles. The molecule has 2 rings (SSSR count). The summed E-state index contributed by atoms with van der Waals surface area (Å²) in [6.07, 6.45) is -0.501. The molecule has 232 valence electrons. The van der Waals surface area contributed by atoms with Crippen LogP contribution in [0.3, 0.4) is 0 Å². The molecule has 0 aliphatic carbocycles. The number of alkyl halides is 1. The first kappa shape index (κ1) is 38.1. The van der Waals surface area contributed by atoms with Crippen LogP contribution in [0.25, 0.3) is 0 Å². The van der Waals surface area contributed by atoms with Gasteiger partial charge in [-0.3, -0.25) is 4.79 Å². The predicted octanol–water partition coefficient (Wildman–Crippen LogP) is 6.03. The zero-order valence-electron chi connectivity index (χ0n) is 25.7. The summed E-state index contributed by atoms with van der Waals surface area (Å²) in [5, 5.41) is 5.11. The largest absolute Gasteiger partial charge is 0.467 e. The highest BCUT2D eigenvalue weighted by atomic mass is 35.5. The smallest absolute Gasteiger partial charge is 0.408 e. The fourth-order valence-electron chi connectivity index (χ4n) is 3.27. The molecular weight excluding hydrogens is 560 g/mol. The molecule has 2 amide bonds. The highest BCUT2D eigenvalue weighted by Gasteiger charge is 2.26. The molecule has 42 heavy (non-hydrogen) atoms. The molecule has 0 radical (unpaired) electrons. The van der Waals surface area contributed by atoms with Crippen LogP contribution in [0.5, 0.6) is 0 Å². The monoisotopic (exact) mass is 604 g/mol. The van der Waals surface area contributed by atoms with Crippen molar-refractivity contribution in [3.05, 3.63) is 84.9 Å². The van der Waals surface area contributed by atoms with E-state index in [-0.39, 0.29) is 11.7 Å². The number of Topliss-reactive ketones (excluding diaryl/α,β-unsaturated/α-hetero) is 1. The first-order valence-corrected chi connectivity index (χ1v) is 13.9. The van der Waals surface area contributed by atoms with Crippen molar-refractivity contribution in [3.63, 3.8) is 0 Å². The number of hydrogen-bond acceptors (Lipinski definition) is 7. The average Bonchev–Trinajstić information content (AvgIpc) is 2.92. The van der Waals surface area contributed by atoms with Crippen LogP contribution in [0.15, 0.2) is 73.8 Å². The third kappa shape index (κ3) is 17.8. The van der Waals surface area contributed by atoms with Crippen molar-refractivity contribution >= 4 is 35.5 Å². The molecule has 2 aromatic carbocycles. The maximum absolute atomic E-state index is 11.8. The standard InChI is InChI=1S/C15H20ClNO3.C15H21NO4.C2H4/c1-15(2,3)20-14(19)17-12(13(18)10-16)9-11-7-5-4-6-8-11;1-15(2,3)20-14(18)16-12(13(17)19-4)10-11-8-6-5-7-9-11;1-2/h4-8,12H,9-10H2,1-3H3,(H,17,19);5-9,12H,10H2,1-4H3,(H,16,18);1-2H2. The Morgan fingerprint density at radius 1 is 0.714 bits per heavy atom. The second kappa shape index (κ2) is 19.3. The summed E-state index contributed by atoms with van der Waals surface area (Å²) in [6, 6.07) is 17.4. The summed E-state index contributed by atoms with van der Waals surface area (Å²) in [7, 11) is 1.29. The van der Waals surface area contributed by atoms with Crippen molar-refractivity contribution in [2.24, 2.45) is 0 Å². The first-order chi connectivity index (χ1) is 19.6. The Morgan fingerprint density at radius 3 is 1.40 bits per heavy atom. The lowest BCUT2D eigenvalue weighted by Gasteiger charge is -2.22. The summed E-state index contributed by atoms with van der Waals surface area (Å²) in [4.78, 5) is 47.0. The van der Waals surface area contributed by atoms with Crippen LogP contribution < -0.4 is 10.6 Å². The fraction of sp³-hybridized carbons (Fsp3) is 0.438. The number of esters is 1. The highest BCUT2D eigenvalue weighted by molar-refractivity contribution is 6.28. The van der Waals surface area contributed by atoms with Crippen molar-refractivity contribution in [3.8, 4) is 0 Å².